The summed E-state index contributed by atoms with van der Waals surface area (Å²) in [6, 6.07) is 20.9. The van der Waals surface area contributed by atoms with Gasteiger partial charge in [0.2, 0.25) is 0 Å². The first-order valence-corrected chi connectivity index (χ1v) is 10.8. The number of para-hydroxylation sites is 1. The number of amides is 1. The molecule has 0 saturated carbocycles. The van der Waals surface area contributed by atoms with E-state index in [9.17, 15) is 14.9 Å². The molecule has 1 heterocycles. The van der Waals surface area contributed by atoms with Gasteiger partial charge in [-0.1, -0.05) is 36.4 Å². The molecule has 8 heteroatoms. The topological polar surface area (TPSA) is 94.3 Å². The summed E-state index contributed by atoms with van der Waals surface area (Å²) in [6.45, 7) is 4.24. The third kappa shape index (κ3) is 4.96. The van der Waals surface area contributed by atoms with E-state index < -0.39 is 4.92 Å². The molecule has 0 radical (unpaired) electrons. The highest BCUT2D eigenvalue weighted by molar-refractivity contribution is 6.32. The summed E-state index contributed by atoms with van der Waals surface area (Å²) in [5, 5.41) is 16.8. The van der Waals surface area contributed by atoms with Gasteiger partial charge >= 0.3 is 0 Å². The van der Waals surface area contributed by atoms with Crippen LogP contribution in [0.2, 0.25) is 0 Å². The van der Waals surface area contributed by atoms with Crippen LogP contribution in [-0.2, 0) is 11.4 Å². The van der Waals surface area contributed by atoms with E-state index in [-0.39, 0.29) is 18.2 Å². The minimum Gasteiger partial charge on any atom is -0.490 e. The largest absolute Gasteiger partial charge is 0.490 e. The van der Waals surface area contributed by atoms with Crippen molar-refractivity contribution in [3.8, 4) is 11.5 Å². The maximum atomic E-state index is 13.0. The van der Waals surface area contributed by atoms with Gasteiger partial charge in [-0.25, -0.2) is 0 Å². The number of nitrogens with zero attached hydrogens (tertiary/aromatic N) is 3. The van der Waals surface area contributed by atoms with Crippen LogP contribution in [0.15, 0.2) is 83.5 Å². The lowest BCUT2D eigenvalue weighted by molar-refractivity contribution is -0.384. The number of hydrogen-bond donors (Lipinski definition) is 0. The molecular weight excluding hydrogens is 434 g/mol. The molecule has 3 aromatic carbocycles. The Kier molecular flexibility index (Phi) is 6.68. The average Bonchev–Trinajstić information content (AvgIpc) is 3.13. The molecule has 8 nitrogen and oxygen atoms in total. The summed E-state index contributed by atoms with van der Waals surface area (Å²) >= 11 is 0. The Hall–Kier alpha value is -4.46. The van der Waals surface area contributed by atoms with Crippen LogP contribution in [0.25, 0.3) is 6.08 Å². The number of non-ortho nitro benzene ring substituents is 1. The molecule has 1 amide bonds. The van der Waals surface area contributed by atoms with Crippen LogP contribution in [0.1, 0.15) is 25.0 Å². The molecular formula is C26H23N3O5. The van der Waals surface area contributed by atoms with E-state index in [4.69, 9.17) is 9.47 Å². The summed E-state index contributed by atoms with van der Waals surface area (Å²) in [5.74, 6) is 0.819. The number of nitro groups is 1. The number of ether oxygens (including phenoxy) is 2. The molecule has 3 aromatic rings. The molecule has 172 valence electrons. The lowest BCUT2D eigenvalue weighted by atomic mass is 10.1. The van der Waals surface area contributed by atoms with E-state index in [1.54, 1.807) is 37.3 Å². The summed E-state index contributed by atoms with van der Waals surface area (Å²) in [5.41, 5.74) is 3.27. The van der Waals surface area contributed by atoms with Crippen LogP contribution < -0.4 is 14.5 Å². The molecule has 0 N–H and O–H groups in total. The number of nitro benzene ring substituents is 1. The van der Waals surface area contributed by atoms with E-state index in [0.717, 1.165) is 5.56 Å². The fourth-order valence-electron chi connectivity index (χ4n) is 3.52. The zero-order valence-corrected chi connectivity index (χ0v) is 18.8. The molecule has 0 aromatic heterocycles. The van der Waals surface area contributed by atoms with Gasteiger partial charge in [-0.15, -0.1) is 0 Å². The normalized spacial score (nSPS) is 14.3. The molecule has 4 rings (SSSR count). The molecule has 0 unspecified atom stereocenters. The second-order valence-electron chi connectivity index (χ2n) is 7.55. The zero-order valence-electron chi connectivity index (χ0n) is 18.8. The minimum atomic E-state index is -0.439. The van der Waals surface area contributed by atoms with Gasteiger partial charge in [0.1, 0.15) is 6.61 Å². The number of benzene rings is 3. The first-order chi connectivity index (χ1) is 16.5. The first kappa shape index (κ1) is 22.7. The van der Waals surface area contributed by atoms with Crippen molar-refractivity contribution in [2.24, 2.45) is 5.10 Å². The summed E-state index contributed by atoms with van der Waals surface area (Å²) in [7, 11) is 0. The van der Waals surface area contributed by atoms with E-state index in [1.807, 2.05) is 43.3 Å². The maximum Gasteiger partial charge on any atom is 0.280 e. The Morgan fingerprint density at radius 2 is 1.79 bits per heavy atom. The van der Waals surface area contributed by atoms with Crippen molar-refractivity contribution in [1.82, 2.24) is 0 Å². The van der Waals surface area contributed by atoms with Gasteiger partial charge in [-0.3, -0.25) is 14.9 Å². The number of carbonyl (C=O) groups is 1. The zero-order chi connectivity index (χ0) is 24.1. The minimum absolute atomic E-state index is 0.0101. The summed E-state index contributed by atoms with van der Waals surface area (Å²) in [6.07, 6.45) is 1.77. The van der Waals surface area contributed by atoms with E-state index in [2.05, 4.69) is 5.10 Å². The molecule has 0 aliphatic carbocycles. The van der Waals surface area contributed by atoms with Crippen molar-refractivity contribution < 1.29 is 19.2 Å². The average molecular weight is 457 g/mol. The van der Waals surface area contributed by atoms with Gasteiger partial charge in [0.05, 0.1) is 28.5 Å². The summed E-state index contributed by atoms with van der Waals surface area (Å²) < 4.78 is 11.6. The predicted octanol–water partition coefficient (Wildman–Crippen LogP) is 5.38. The Bertz CT molecular complexity index is 1280. The molecule has 0 fully saturated rings. The van der Waals surface area contributed by atoms with Crippen molar-refractivity contribution in [1.29, 1.82) is 0 Å². The third-order valence-electron chi connectivity index (χ3n) is 5.16. The number of rotatable bonds is 8. The van der Waals surface area contributed by atoms with Gasteiger partial charge in [-0.05, 0) is 55.3 Å². The molecule has 0 atom stereocenters. The van der Waals surface area contributed by atoms with Crippen LogP contribution in [0, 0.1) is 10.1 Å². The number of hydrazone groups is 1. The van der Waals surface area contributed by atoms with E-state index in [0.29, 0.717) is 40.6 Å². The molecule has 0 saturated heterocycles. The number of carbonyl (C=O) groups excluding carboxylic acids is 1. The number of hydrogen-bond acceptors (Lipinski definition) is 6. The Labute approximate surface area is 196 Å². The highest BCUT2D eigenvalue weighted by atomic mass is 16.6. The third-order valence-corrected chi connectivity index (χ3v) is 5.16. The lowest BCUT2D eigenvalue weighted by Crippen LogP contribution is -2.21. The summed E-state index contributed by atoms with van der Waals surface area (Å²) in [4.78, 5) is 23.5. The molecule has 34 heavy (non-hydrogen) atoms. The fourth-order valence-corrected chi connectivity index (χ4v) is 3.52. The van der Waals surface area contributed by atoms with Crippen molar-refractivity contribution in [2.75, 3.05) is 11.6 Å². The van der Waals surface area contributed by atoms with Crippen molar-refractivity contribution in [3.63, 3.8) is 0 Å². The standard InChI is InChI=1S/C26H23N3O5/c1-3-33-25-16-19(12-13-24(25)34-17-20-8-7-11-22(14-20)29(31)32)15-23-18(2)27-28(26(23)30)21-9-5-4-6-10-21/h4-16H,3,17H2,1-2H3/b23-15+. The molecule has 0 spiro atoms. The van der Waals surface area contributed by atoms with Gasteiger partial charge in [0.15, 0.2) is 11.5 Å². The van der Waals surface area contributed by atoms with Crippen molar-refractivity contribution >= 4 is 29.1 Å². The van der Waals surface area contributed by atoms with Gasteiger partial charge in [0.25, 0.3) is 11.6 Å². The Balaban J connectivity index is 1.55. The van der Waals surface area contributed by atoms with Crippen LogP contribution >= 0.6 is 0 Å². The predicted molar refractivity (Wildman–Crippen MR) is 130 cm³/mol. The van der Waals surface area contributed by atoms with E-state index in [1.165, 1.54) is 17.1 Å². The smallest absolute Gasteiger partial charge is 0.280 e. The highest BCUT2D eigenvalue weighted by Crippen LogP contribution is 2.32. The first-order valence-electron chi connectivity index (χ1n) is 10.8. The van der Waals surface area contributed by atoms with Crippen LogP contribution in [0.3, 0.4) is 0 Å². The second-order valence-corrected chi connectivity index (χ2v) is 7.55. The van der Waals surface area contributed by atoms with Crippen molar-refractivity contribution in [2.45, 2.75) is 20.5 Å². The number of anilines is 1. The van der Waals surface area contributed by atoms with Gasteiger partial charge in [-0.2, -0.15) is 10.1 Å². The molecule has 1 aliphatic heterocycles. The highest BCUT2D eigenvalue weighted by Gasteiger charge is 2.28. The monoisotopic (exact) mass is 457 g/mol. The van der Waals surface area contributed by atoms with Gasteiger partial charge in [0, 0.05) is 12.1 Å². The maximum absolute atomic E-state index is 13.0. The van der Waals surface area contributed by atoms with Crippen molar-refractivity contribution in [3.05, 3.63) is 99.6 Å². The van der Waals surface area contributed by atoms with Gasteiger partial charge < -0.3 is 9.47 Å². The quantitative estimate of drug-likeness (QED) is 0.257. The second kappa shape index (κ2) is 9.99. The SMILES string of the molecule is CCOc1cc(/C=C2/C(=O)N(c3ccccc3)N=C2C)ccc1OCc1cccc([N+](=O)[O-])c1. The van der Waals surface area contributed by atoms with Crippen LogP contribution in [0.4, 0.5) is 11.4 Å². The molecule has 0 bridgehead atoms. The fraction of sp³-hybridized carbons (Fsp3) is 0.154. The Morgan fingerprint density at radius 3 is 2.53 bits per heavy atom. The van der Waals surface area contributed by atoms with Crippen LogP contribution in [-0.4, -0.2) is 23.1 Å². The van der Waals surface area contributed by atoms with E-state index >= 15 is 0 Å². The lowest BCUT2D eigenvalue weighted by Gasteiger charge is -2.13. The molecule has 1 aliphatic rings. The Morgan fingerprint density at radius 1 is 1.00 bits per heavy atom. The van der Waals surface area contributed by atoms with Crippen LogP contribution in [0.5, 0.6) is 11.5 Å².